The lowest BCUT2D eigenvalue weighted by atomic mass is 10.2. The molecule has 4 nitrogen and oxygen atoms in total. The lowest BCUT2D eigenvalue weighted by Crippen LogP contribution is -2.19. The van der Waals surface area contributed by atoms with Gasteiger partial charge in [0.1, 0.15) is 17.8 Å². The van der Waals surface area contributed by atoms with Crippen LogP contribution in [-0.2, 0) is 0 Å². The molecule has 0 atom stereocenters. The molecule has 0 saturated carbocycles. The van der Waals surface area contributed by atoms with E-state index in [0.29, 0.717) is 0 Å². The van der Waals surface area contributed by atoms with E-state index < -0.39 is 0 Å². The average Bonchev–Trinajstić information content (AvgIpc) is 2.97. The molecule has 16 heavy (non-hydrogen) atoms. The number of anilines is 1. The van der Waals surface area contributed by atoms with Crippen LogP contribution in [0.15, 0.2) is 19.1 Å². The fourth-order valence-electron chi connectivity index (χ4n) is 2.30. The van der Waals surface area contributed by atoms with E-state index in [2.05, 4.69) is 26.4 Å². The van der Waals surface area contributed by atoms with Crippen molar-refractivity contribution in [2.75, 3.05) is 18.0 Å². The molecule has 1 saturated heterocycles. The first kappa shape index (κ1) is 9.39. The van der Waals surface area contributed by atoms with Gasteiger partial charge in [-0.15, -0.1) is 0 Å². The number of rotatable bonds is 2. The summed E-state index contributed by atoms with van der Waals surface area (Å²) in [5, 5.41) is 1.10. The molecule has 1 aliphatic rings. The average molecular weight is 214 g/mol. The van der Waals surface area contributed by atoms with E-state index in [1.807, 2.05) is 12.3 Å². The standard InChI is InChI=1S/C12H14N4/c1-2-9-7-13-11-10(9)12(15-8-14-11)16-5-3-4-6-16/h2,7-8H,1,3-6H2,(H,13,14,15). The van der Waals surface area contributed by atoms with Crippen molar-refractivity contribution < 1.29 is 0 Å². The van der Waals surface area contributed by atoms with Crippen LogP contribution in [0.1, 0.15) is 18.4 Å². The number of nitrogens with zero attached hydrogens (tertiary/aromatic N) is 3. The molecular formula is C12H14N4. The maximum absolute atomic E-state index is 4.42. The topological polar surface area (TPSA) is 44.8 Å². The summed E-state index contributed by atoms with van der Waals surface area (Å²) in [7, 11) is 0. The van der Waals surface area contributed by atoms with Crippen molar-refractivity contribution in [2.45, 2.75) is 12.8 Å². The predicted molar refractivity (Wildman–Crippen MR) is 65.4 cm³/mol. The summed E-state index contributed by atoms with van der Waals surface area (Å²) >= 11 is 0. The molecule has 1 fully saturated rings. The van der Waals surface area contributed by atoms with Gasteiger partial charge < -0.3 is 9.88 Å². The number of fused-ring (bicyclic) bond motifs is 1. The van der Waals surface area contributed by atoms with Gasteiger partial charge in [-0.3, -0.25) is 0 Å². The summed E-state index contributed by atoms with van der Waals surface area (Å²) in [5.74, 6) is 1.04. The fraction of sp³-hybridized carbons (Fsp3) is 0.333. The maximum atomic E-state index is 4.42. The van der Waals surface area contributed by atoms with E-state index in [1.165, 1.54) is 12.8 Å². The number of H-pyrrole nitrogens is 1. The normalized spacial score (nSPS) is 15.9. The molecule has 1 aliphatic heterocycles. The van der Waals surface area contributed by atoms with E-state index in [-0.39, 0.29) is 0 Å². The molecule has 1 N–H and O–H groups in total. The molecular weight excluding hydrogens is 200 g/mol. The second-order valence-electron chi connectivity index (χ2n) is 4.06. The van der Waals surface area contributed by atoms with Crippen molar-refractivity contribution in [1.82, 2.24) is 15.0 Å². The summed E-state index contributed by atoms with van der Waals surface area (Å²) < 4.78 is 0. The van der Waals surface area contributed by atoms with Crippen LogP contribution in [0, 0.1) is 0 Å². The van der Waals surface area contributed by atoms with E-state index >= 15 is 0 Å². The van der Waals surface area contributed by atoms with Gasteiger partial charge in [-0.05, 0) is 12.8 Å². The van der Waals surface area contributed by atoms with Gasteiger partial charge in [0, 0.05) is 24.8 Å². The zero-order chi connectivity index (χ0) is 11.0. The van der Waals surface area contributed by atoms with Crippen molar-refractivity contribution in [2.24, 2.45) is 0 Å². The van der Waals surface area contributed by atoms with Crippen LogP contribution in [0.3, 0.4) is 0 Å². The Hall–Kier alpha value is -1.84. The number of aromatic amines is 1. The number of nitrogens with one attached hydrogen (secondary N) is 1. The van der Waals surface area contributed by atoms with Crippen LogP contribution in [0.25, 0.3) is 17.1 Å². The van der Waals surface area contributed by atoms with Crippen molar-refractivity contribution in [1.29, 1.82) is 0 Å². The maximum Gasteiger partial charge on any atom is 0.143 e. The van der Waals surface area contributed by atoms with Crippen molar-refractivity contribution in [3.8, 4) is 0 Å². The van der Waals surface area contributed by atoms with Crippen LogP contribution < -0.4 is 4.90 Å². The van der Waals surface area contributed by atoms with Crippen molar-refractivity contribution in [3.63, 3.8) is 0 Å². The van der Waals surface area contributed by atoms with Gasteiger partial charge in [-0.25, -0.2) is 9.97 Å². The highest BCUT2D eigenvalue weighted by Crippen LogP contribution is 2.28. The first-order valence-electron chi connectivity index (χ1n) is 5.59. The molecule has 82 valence electrons. The summed E-state index contributed by atoms with van der Waals surface area (Å²) in [6, 6.07) is 0. The van der Waals surface area contributed by atoms with E-state index in [0.717, 1.165) is 35.5 Å². The number of hydrogen-bond donors (Lipinski definition) is 1. The molecule has 4 heteroatoms. The highest BCUT2D eigenvalue weighted by Gasteiger charge is 2.18. The Morgan fingerprint density at radius 2 is 2.12 bits per heavy atom. The van der Waals surface area contributed by atoms with E-state index in [4.69, 9.17) is 0 Å². The van der Waals surface area contributed by atoms with Crippen LogP contribution in [0.4, 0.5) is 5.82 Å². The third-order valence-corrected chi connectivity index (χ3v) is 3.11. The number of aromatic nitrogens is 3. The predicted octanol–water partition coefficient (Wildman–Crippen LogP) is 2.20. The first-order chi connectivity index (χ1) is 7.90. The first-order valence-corrected chi connectivity index (χ1v) is 5.59. The van der Waals surface area contributed by atoms with Crippen LogP contribution >= 0.6 is 0 Å². The van der Waals surface area contributed by atoms with Gasteiger partial charge in [0.2, 0.25) is 0 Å². The molecule has 2 aromatic heterocycles. The van der Waals surface area contributed by atoms with E-state index in [9.17, 15) is 0 Å². The van der Waals surface area contributed by atoms with Crippen molar-refractivity contribution in [3.05, 3.63) is 24.7 Å². The Kier molecular flexibility index (Phi) is 2.13. The summed E-state index contributed by atoms with van der Waals surface area (Å²) in [6.45, 7) is 6.01. The second kappa shape index (κ2) is 3.63. The third kappa shape index (κ3) is 1.30. The van der Waals surface area contributed by atoms with E-state index in [1.54, 1.807) is 6.33 Å². The molecule has 0 aromatic carbocycles. The summed E-state index contributed by atoms with van der Waals surface area (Å²) in [6.07, 6.45) is 7.91. The lowest BCUT2D eigenvalue weighted by Gasteiger charge is -2.17. The Bertz CT molecular complexity index is 523. The summed E-state index contributed by atoms with van der Waals surface area (Å²) in [4.78, 5) is 14.1. The fourth-order valence-corrected chi connectivity index (χ4v) is 2.30. The molecule has 2 aromatic rings. The van der Waals surface area contributed by atoms with Gasteiger partial charge in [0.25, 0.3) is 0 Å². The van der Waals surface area contributed by atoms with Gasteiger partial charge in [0.05, 0.1) is 5.39 Å². The SMILES string of the molecule is C=Cc1c[nH]c2ncnc(N3CCCC3)c12. The molecule has 0 unspecified atom stereocenters. The van der Waals surface area contributed by atoms with Gasteiger partial charge in [-0.1, -0.05) is 12.7 Å². The molecule has 0 aliphatic carbocycles. The highest BCUT2D eigenvalue weighted by atomic mass is 15.2. The molecule has 3 rings (SSSR count). The summed E-state index contributed by atoms with van der Waals surface area (Å²) in [5.41, 5.74) is 1.98. The molecule has 0 amide bonds. The Morgan fingerprint density at radius 3 is 2.88 bits per heavy atom. The second-order valence-corrected chi connectivity index (χ2v) is 4.06. The van der Waals surface area contributed by atoms with Crippen LogP contribution in [-0.4, -0.2) is 28.0 Å². The van der Waals surface area contributed by atoms with Gasteiger partial charge in [0.15, 0.2) is 0 Å². The third-order valence-electron chi connectivity index (χ3n) is 3.11. The largest absolute Gasteiger partial charge is 0.356 e. The smallest absolute Gasteiger partial charge is 0.143 e. The minimum atomic E-state index is 0.895. The highest BCUT2D eigenvalue weighted by molar-refractivity contribution is 5.95. The molecule has 0 bridgehead atoms. The minimum Gasteiger partial charge on any atom is -0.356 e. The number of hydrogen-bond acceptors (Lipinski definition) is 3. The molecule has 3 heterocycles. The van der Waals surface area contributed by atoms with Crippen molar-refractivity contribution >= 4 is 22.9 Å². The Morgan fingerprint density at radius 1 is 1.31 bits per heavy atom. The van der Waals surface area contributed by atoms with Gasteiger partial charge in [-0.2, -0.15) is 0 Å². The minimum absolute atomic E-state index is 0.895. The van der Waals surface area contributed by atoms with Crippen LogP contribution in [0.2, 0.25) is 0 Å². The Labute approximate surface area is 94.0 Å². The zero-order valence-electron chi connectivity index (χ0n) is 9.11. The zero-order valence-corrected chi connectivity index (χ0v) is 9.11. The molecule has 0 radical (unpaired) electrons. The van der Waals surface area contributed by atoms with Crippen LogP contribution in [0.5, 0.6) is 0 Å². The monoisotopic (exact) mass is 214 g/mol. The van der Waals surface area contributed by atoms with Gasteiger partial charge >= 0.3 is 0 Å². The Balaban J connectivity index is 2.21. The molecule has 0 spiro atoms. The quantitative estimate of drug-likeness (QED) is 0.833. The lowest BCUT2D eigenvalue weighted by molar-refractivity contribution is 0.939.